The quantitative estimate of drug-likeness (QED) is 0.332. The average molecular weight is 511 g/mol. The maximum absolute atomic E-state index is 11.3. The Balaban J connectivity index is 0.00000364. The van der Waals surface area contributed by atoms with Crippen LogP contribution >= 0.6 is 24.0 Å². The second kappa shape index (κ2) is 11.6. The molecule has 0 spiro atoms. The van der Waals surface area contributed by atoms with E-state index in [4.69, 9.17) is 9.47 Å². The zero-order valence-electron chi connectivity index (χ0n) is 16.2. The van der Waals surface area contributed by atoms with E-state index in [9.17, 15) is 8.42 Å². The highest BCUT2D eigenvalue weighted by atomic mass is 127. The summed E-state index contributed by atoms with van der Waals surface area (Å²) in [5.41, 5.74) is 1.02. The summed E-state index contributed by atoms with van der Waals surface area (Å²) in [4.78, 5) is 4.59. The summed E-state index contributed by atoms with van der Waals surface area (Å²) < 4.78 is 34.0. The summed E-state index contributed by atoms with van der Waals surface area (Å²) >= 11 is 0. The second-order valence-electron chi connectivity index (χ2n) is 6.49. The molecule has 9 heteroatoms. The first-order valence-corrected chi connectivity index (χ1v) is 11.0. The minimum Gasteiger partial charge on any atom is -0.490 e. The lowest BCUT2D eigenvalue weighted by atomic mass is 10.2. The Morgan fingerprint density at radius 3 is 2.63 bits per heavy atom. The summed E-state index contributed by atoms with van der Waals surface area (Å²) in [7, 11) is -2.96. The van der Waals surface area contributed by atoms with Gasteiger partial charge in [-0.15, -0.1) is 24.0 Å². The summed E-state index contributed by atoms with van der Waals surface area (Å²) in [6, 6.07) is 5.86. The molecule has 154 valence electrons. The van der Waals surface area contributed by atoms with E-state index in [1.54, 1.807) is 0 Å². The number of nitrogens with zero attached hydrogens (tertiary/aromatic N) is 1. The molecule has 0 amide bonds. The predicted octanol–water partition coefficient (Wildman–Crippen LogP) is 2.34. The van der Waals surface area contributed by atoms with Crippen molar-refractivity contribution in [2.24, 2.45) is 4.99 Å². The van der Waals surface area contributed by atoms with Crippen molar-refractivity contribution in [1.29, 1.82) is 0 Å². The zero-order chi connectivity index (χ0) is 19.0. The van der Waals surface area contributed by atoms with Gasteiger partial charge in [0.2, 0.25) is 0 Å². The van der Waals surface area contributed by atoms with E-state index in [2.05, 4.69) is 15.6 Å². The van der Waals surface area contributed by atoms with Gasteiger partial charge in [0.1, 0.15) is 9.84 Å². The first-order valence-electron chi connectivity index (χ1n) is 8.98. The fourth-order valence-corrected chi connectivity index (χ4v) is 3.27. The highest BCUT2D eigenvalue weighted by molar-refractivity contribution is 14.0. The average Bonchev–Trinajstić information content (AvgIpc) is 2.82. The van der Waals surface area contributed by atoms with Gasteiger partial charge >= 0.3 is 0 Å². The lowest BCUT2D eigenvalue weighted by Crippen LogP contribution is -2.42. The topological polar surface area (TPSA) is 89.0 Å². The Hall–Kier alpha value is -1.23. The molecule has 1 aliphatic heterocycles. The van der Waals surface area contributed by atoms with Crippen molar-refractivity contribution in [2.75, 3.05) is 31.8 Å². The molecule has 1 unspecified atom stereocenters. The van der Waals surface area contributed by atoms with E-state index in [1.807, 2.05) is 32.0 Å². The van der Waals surface area contributed by atoms with Crippen LogP contribution in [0, 0.1) is 0 Å². The number of benzene rings is 1. The van der Waals surface area contributed by atoms with Gasteiger partial charge in [-0.2, -0.15) is 0 Å². The van der Waals surface area contributed by atoms with E-state index in [0.717, 1.165) is 30.0 Å². The molecule has 0 bridgehead atoms. The third-order valence-electron chi connectivity index (χ3n) is 3.88. The summed E-state index contributed by atoms with van der Waals surface area (Å²) in [6.07, 6.45) is 2.67. The number of aliphatic imine (C=N–C) groups is 1. The van der Waals surface area contributed by atoms with Crippen LogP contribution in [0.3, 0.4) is 0 Å². The number of nitrogens with one attached hydrogen (secondary N) is 2. The minimum atomic E-state index is -2.96. The number of halogens is 1. The molecule has 0 saturated carbocycles. The Bertz CT molecular complexity index is 725. The van der Waals surface area contributed by atoms with Crippen LogP contribution in [0.5, 0.6) is 11.5 Å². The zero-order valence-corrected chi connectivity index (χ0v) is 19.3. The summed E-state index contributed by atoms with van der Waals surface area (Å²) in [5, 5.41) is 6.44. The van der Waals surface area contributed by atoms with Gasteiger partial charge < -0.3 is 20.1 Å². The maximum atomic E-state index is 11.3. The van der Waals surface area contributed by atoms with E-state index in [0.29, 0.717) is 32.1 Å². The van der Waals surface area contributed by atoms with E-state index >= 15 is 0 Å². The van der Waals surface area contributed by atoms with Crippen molar-refractivity contribution < 1.29 is 17.9 Å². The first kappa shape index (κ1) is 23.8. The van der Waals surface area contributed by atoms with Gasteiger partial charge in [0.15, 0.2) is 17.5 Å². The molecule has 0 aliphatic carbocycles. The van der Waals surface area contributed by atoms with Crippen LogP contribution in [-0.2, 0) is 16.4 Å². The number of ether oxygens (including phenoxy) is 2. The van der Waals surface area contributed by atoms with Crippen LogP contribution in [0.4, 0.5) is 0 Å². The molecule has 2 rings (SSSR count). The van der Waals surface area contributed by atoms with Crippen LogP contribution in [0.1, 0.15) is 32.3 Å². The van der Waals surface area contributed by atoms with Gasteiger partial charge in [0.25, 0.3) is 0 Å². The van der Waals surface area contributed by atoms with Gasteiger partial charge in [0, 0.05) is 25.3 Å². The molecule has 1 heterocycles. The SMILES string of the molecule is CCNC(=NCc1ccc2c(c1)OCCCO2)NC(C)CCS(C)(=O)=O.I. The molecule has 1 atom stereocenters. The maximum Gasteiger partial charge on any atom is 0.191 e. The number of rotatable bonds is 7. The molecule has 1 aliphatic rings. The first-order chi connectivity index (χ1) is 12.4. The molecular formula is C18H30IN3O4S. The molecule has 0 aromatic heterocycles. The smallest absolute Gasteiger partial charge is 0.191 e. The fraction of sp³-hybridized carbons (Fsp3) is 0.611. The van der Waals surface area contributed by atoms with E-state index in [1.165, 1.54) is 6.26 Å². The normalized spacial score (nSPS) is 15.3. The minimum absolute atomic E-state index is 0. The predicted molar refractivity (Wildman–Crippen MR) is 119 cm³/mol. The summed E-state index contributed by atoms with van der Waals surface area (Å²) in [5.74, 6) is 2.35. The number of fused-ring (bicyclic) bond motifs is 1. The van der Waals surface area contributed by atoms with Crippen LogP contribution < -0.4 is 20.1 Å². The fourth-order valence-electron chi connectivity index (χ4n) is 2.49. The monoisotopic (exact) mass is 511 g/mol. The third-order valence-corrected chi connectivity index (χ3v) is 4.86. The van der Waals surface area contributed by atoms with Crippen molar-refractivity contribution >= 4 is 39.8 Å². The van der Waals surface area contributed by atoms with Crippen LogP contribution in [0.2, 0.25) is 0 Å². The van der Waals surface area contributed by atoms with Crippen molar-refractivity contribution in [3.63, 3.8) is 0 Å². The molecule has 0 fully saturated rings. The van der Waals surface area contributed by atoms with E-state index < -0.39 is 9.84 Å². The summed E-state index contributed by atoms with van der Waals surface area (Å²) in [6.45, 7) is 6.49. The number of guanidine groups is 1. The second-order valence-corrected chi connectivity index (χ2v) is 8.75. The van der Waals surface area contributed by atoms with Crippen LogP contribution in [0.15, 0.2) is 23.2 Å². The molecule has 2 N–H and O–H groups in total. The lowest BCUT2D eigenvalue weighted by molar-refractivity contribution is 0.297. The van der Waals surface area contributed by atoms with Crippen molar-refractivity contribution in [3.05, 3.63) is 23.8 Å². The molecule has 7 nitrogen and oxygen atoms in total. The van der Waals surface area contributed by atoms with Crippen LogP contribution in [-0.4, -0.2) is 52.2 Å². The van der Waals surface area contributed by atoms with E-state index in [-0.39, 0.29) is 35.8 Å². The molecule has 1 aromatic rings. The number of hydrogen-bond donors (Lipinski definition) is 2. The van der Waals surface area contributed by atoms with Gasteiger partial charge in [0.05, 0.1) is 25.5 Å². The molecular weight excluding hydrogens is 481 g/mol. The molecule has 0 radical (unpaired) electrons. The Morgan fingerprint density at radius 1 is 1.26 bits per heavy atom. The standard InChI is InChI=1S/C18H29N3O4S.HI/c1-4-19-18(21-14(2)8-11-26(3,22)23)20-13-15-6-7-16-17(12-15)25-10-5-9-24-16;/h6-7,12,14H,4-5,8-11,13H2,1-3H3,(H2,19,20,21);1H. The largest absolute Gasteiger partial charge is 0.490 e. The van der Waals surface area contributed by atoms with Crippen molar-refractivity contribution in [1.82, 2.24) is 10.6 Å². The highest BCUT2D eigenvalue weighted by Crippen LogP contribution is 2.30. The molecule has 27 heavy (non-hydrogen) atoms. The Kier molecular flexibility index (Phi) is 10.2. The molecule has 0 saturated heterocycles. The van der Waals surface area contributed by atoms with Gasteiger partial charge in [-0.25, -0.2) is 13.4 Å². The Labute approximate surface area is 179 Å². The van der Waals surface area contributed by atoms with Crippen molar-refractivity contribution in [2.45, 2.75) is 39.3 Å². The van der Waals surface area contributed by atoms with Gasteiger partial charge in [-0.05, 0) is 38.0 Å². The number of sulfone groups is 1. The number of hydrogen-bond acceptors (Lipinski definition) is 5. The van der Waals surface area contributed by atoms with Crippen LogP contribution in [0.25, 0.3) is 0 Å². The van der Waals surface area contributed by atoms with Gasteiger partial charge in [-0.1, -0.05) is 6.07 Å². The highest BCUT2D eigenvalue weighted by Gasteiger charge is 2.12. The van der Waals surface area contributed by atoms with Gasteiger partial charge in [-0.3, -0.25) is 0 Å². The lowest BCUT2D eigenvalue weighted by Gasteiger charge is -2.17. The van der Waals surface area contributed by atoms with Crippen molar-refractivity contribution in [3.8, 4) is 11.5 Å². The third kappa shape index (κ3) is 9.00. The Morgan fingerprint density at radius 2 is 1.96 bits per heavy atom. The molecule has 1 aromatic carbocycles.